The zero-order valence-electron chi connectivity index (χ0n) is 11.3. The first-order valence-electron chi connectivity index (χ1n) is 7.13. The summed E-state index contributed by atoms with van der Waals surface area (Å²) in [5.74, 6) is -0.0400. The van der Waals surface area contributed by atoms with E-state index in [-0.39, 0.29) is 24.8 Å². The second-order valence-corrected chi connectivity index (χ2v) is 5.31. The Bertz CT molecular complexity index is 272. The zero-order valence-corrected chi connectivity index (χ0v) is 11.3. The second kappa shape index (κ2) is 8.11. The summed E-state index contributed by atoms with van der Waals surface area (Å²) in [6.45, 7) is 2.34. The maximum absolute atomic E-state index is 12.0. The van der Waals surface area contributed by atoms with E-state index in [0.29, 0.717) is 5.92 Å². The van der Waals surface area contributed by atoms with E-state index in [4.69, 9.17) is 5.11 Å². The van der Waals surface area contributed by atoms with Crippen molar-refractivity contribution in [2.45, 2.75) is 58.3 Å². The van der Waals surface area contributed by atoms with Crippen LogP contribution in [-0.2, 0) is 9.59 Å². The lowest BCUT2D eigenvalue weighted by molar-refractivity contribution is -0.137. The van der Waals surface area contributed by atoms with Crippen LogP contribution in [0.3, 0.4) is 0 Å². The quantitative estimate of drug-likeness (QED) is 0.700. The Labute approximate surface area is 109 Å². The molecule has 1 aliphatic carbocycles. The Morgan fingerprint density at radius 1 is 1.33 bits per heavy atom. The van der Waals surface area contributed by atoms with Gasteiger partial charge in [-0.2, -0.15) is 0 Å². The van der Waals surface area contributed by atoms with E-state index in [1.807, 2.05) is 0 Å². The number of rotatable bonds is 8. The van der Waals surface area contributed by atoms with Gasteiger partial charge in [0.1, 0.15) is 0 Å². The van der Waals surface area contributed by atoms with Gasteiger partial charge in [-0.15, -0.1) is 0 Å². The fourth-order valence-corrected chi connectivity index (χ4v) is 2.79. The van der Waals surface area contributed by atoms with Gasteiger partial charge >= 0.3 is 5.97 Å². The fourth-order valence-electron chi connectivity index (χ4n) is 2.79. The highest BCUT2D eigenvalue weighted by molar-refractivity contribution is 5.79. The molecule has 1 unspecified atom stereocenters. The molecule has 0 spiro atoms. The van der Waals surface area contributed by atoms with Crippen molar-refractivity contribution < 1.29 is 14.7 Å². The van der Waals surface area contributed by atoms with Gasteiger partial charge in [0.15, 0.2) is 0 Å². The average molecular weight is 255 g/mol. The summed E-state index contributed by atoms with van der Waals surface area (Å²) in [7, 11) is 0. The third-order valence-corrected chi connectivity index (χ3v) is 3.74. The molecule has 1 amide bonds. The number of hydrogen-bond acceptors (Lipinski definition) is 2. The largest absolute Gasteiger partial charge is 0.481 e. The van der Waals surface area contributed by atoms with Gasteiger partial charge in [-0.1, -0.05) is 39.0 Å². The monoisotopic (exact) mass is 255 g/mol. The molecule has 104 valence electrons. The average Bonchev–Trinajstić information content (AvgIpc) is 2.80. The molecule has 0 bridgehead atoms. The first-order chi connectivity index (χ1) is 8.63. The van der Waals surface area contributed by atoms with Crippen molar-refractivity contribution in [3.8, 4) is 0 Å². The normalized spacial score (nSPS) is 17.6. The van der Waals surface area contributed by atoms with Crippen LogP contribution in [0.15, 0.2) is 0 Å². The maximum atomic E-state index is 12.0. The highest BCUT2D eigenvalue weighted by atomic mass is 16.4. The number of aliphatic carboxylic acids is 1. The summed E-state index contributed by atoms with van der Waals surface area (Å²) < 4.78 is 0. The van der Waals surface area contributed by atoms with Crippen molar-refractivity contribution in [3.63, 3.8) is 0 Å². The van der Waals surface area contributed by atoms with Crippen molar-refractivity contribution in [1.29, 1.82) is 0 Å². The molecular weight excluding hydrogens is 230 g/mol. The first-order valence-corrected chi connectivity index (χ1v) is 7.13. The molecule has 1 fully saturated rings. The molecule has 1 rings (SSSR count). The van der Waals surface area contributed by atoms with Crippen LogP contribution >= 0.6 is 0 Å². The van der Waals surface area contributed by atoms with Crippen molar-refractivity contribution in [1.82, 2.24) is 5.32 Å². The SMILES string of the molecule is CCCC(CC1CCCC1)C(=O)NCCC(=O)O. The van der Waals surface area contributed by atoms with Crippen LogP contribution in [0.1, 0.15) is 58.3 Å². The minimum atomic E-state index is -0.863. The van der Waals surface area contributed by atoms with E-state index in [1.165, 1.54) is 25.7 Å². The number of hydrogen-bond donors (Lipinski definition) is 2. The smallest absolute Gasteiger partial charge is 0.305 e. The van der Waals surface area contributed by atoms with Crippen LogP contribution in [0.4, 0.5) is 0 Å². The fraction of sp³-hybridized carbons (Fsp3) is 0.857. The predicted molar refractivity (Wildman–Crippen MR) is 70.2 cm³/mol. The van der Waals surface area contributed by atoms with E-state index in [2.05, 4.69) is 12.2 Å². The molecule has 0 heterocycles. The summed E-state index contributed by atoms with van der Waals surface area (Å²) in [5, 5.41) is 11.3. The standard InChI is InChI=1S/C14H25NO3/c1-2-5-12(10-11-6-3-4-7-11)14(18)15-9-8-13(16)17/h11-12H,2-10H2,1H3,(H,15,18)(H,16,17). The molecule has 4 nitrogen and oxygen atoms in total. The van der Waals surface area contributed by atoms with Gasteiger partial charge < -0.3 is 10.4 Å². The van der Waals surface area contributed by atoms with Gasteiger partial charge in [-0.25, -0.2) is 0 Å². The Hall–Kier alpha value is -1.06. The van der Waals surface area contributed by atoms with Crippen LogP contribution in [0.25, 0.3) is 0 Å². The van der Waals surface area contributed by atoms with Gasteiger partial charge in [0, 0.05) is 12.5 Å². The van der Waals surface area contributed by atoms with E-state index in [0.717, 1.165) is 19.3 Å². The third kappa shape index (κ3) is 5.52. The number of amides is 1. The van der Waals surface area contributed by atoms with Crippen LogP contribution in [0.2, 0.25) is 0 Å². The predicted octanol–water partition coefficient (Wildman–Crippen LogP) is 2.57. The molecule has 1 aliphatic rings. The van der Waals surface area contributed by atoms with Crippen LogP contribution < -0.4 is 5.32 Å². The molecule has 1 atom stereocenters. The van der Waals surface area contributed by atoms with Crippen LogP contribution in [0.5, 0.6) is 0 Å². The molecule has 18 heavy (non-hydrogen) atoms. The molecular formula is C14H25NO3. The Morgan fingerprint density at radius 2 is 2.00 bits per heavy atom. The summed E-state index contributed by atoms with van der Waals surface area (Å²) in [6.07, 6.45) is 8.00. The summed E-state index contributed by atoms with van der Waals surface area (Å²) in [6, 6.07) is 0. The zero-order chi connectivity index (χ0) is 13.4. The third-order valence-electron chi connectivity index (χ3n) is 3.74. The summed E-state index contributed by atoms with van der Waals surface area (Å²) in [5.41, 5.74) is 0. The Balaban J connectivity index is 2.33. The van der Waals surface area contributed by atoms with Crippen molar-refractivity contribution in [2.75, 3.05) is 6.54 Å². The number of carbonyl (C=O) groups excluding carboxylic acids is 1. The van der Waals surface area contributed by atoms with Crippen molar-refractivity contribution in [3.05, 3.63) is 0 Å². The number of nitrogens with one attached hydrogen (secondary N) is 1. The number of carboxylic acids is 1. The highest BCUT2D eigenvalue weighted by Gasteiger charge is 2.24. The van der Waals surface area contributed by atoms with Gasteiger partial charge in [-0.05, 0) is 18.8 Å². The minimum Gasteiger partial charge on any atom is -0.481 e. The van der Waals surface area contributed by atoms with Gasteiger partial charge in [0.25, 0.3) is 0 Å². The van der Waals surface area contributed by atoms with Crippen LogP contribution in [0, 0.1) is 11.8 Å². The Kier molecular flexibility index (Phi) is 6.76. The summed E-state index contributed by atoms with van der Waals surface area (Å²) in [4.78, 5) is 22.4. The van der Waals surface area contributed by atoms with E-state index < -0.39 is 5.97 Å². The topological polar surface area (TPSA) is 66.4 Å². The maximum Gasteiger partial charge on any atom is 0.305 e. The molecule has 0 aromatic carbocycles. The number of carbonyl (C=O) groups is 2. The second-order valence-electron chi connectivity index (χ2n) is 5.31. The van der Waals surface area contributed by atoms with Gasteiger partial charge in [0.2, 0.25) is 5.91 Å². The molecule has 0 saturated heterocycles. The summed E-state index contributed by atoms with van der Waals surface area (Å²) >= 11 is 0. The van der Waals surface area contributed by atoms with E-state index in [1.54, 1.807) is 0 Å². The molecule has 2 N–H and O–H groups in total. The molecule has 4 heteroatoms. The van der Waals surface area contributed by atoms with Crippen molar-refractivity contribution in [2.24, 2.45) is 11.8 Å². The Morgan fingerprint density at radius 3 is 2.56 bits per heavy atom. The lowest BCUT2D eigenvalue weighted by Crippen LogP contribution is -2.33. The molecule has 0 aromatic heterocycles. The van der Waals surface area contributed by atoms with E-state index in [9.17, 15) is 9.59 Å². The van der Waals surface area contributed by atoms with Crippen molar-refractivity contribution >= 4 is 11.9 Å². The molecule has 1 saturated carbocycles. The van der Waals surface area contributed by atoms with Gasteiger partial charge in [-0.3, -0.25) is 9.59 Å². The molecule has 0 aromatic rings. The highest BCUT2D eigenvalue weighted by Crippen LogP contribution is 2.31. The molecule has 0 radical (unpaired) electrons. The lowest BCUT2D eigenvalue weighted by atomic mass is 9.89. The first kappa shape index (κ1) is 15.0. The van der Waals surface area contributed by atoms with E-state index >= 15 is 0 Å². The van der Waals surface area contributed by atoms with Gasteiger partial charge in [0.05, 0.1) is 6.42 Å². The molecule has 0 aliphatic heterocycles. The lowest BCUT2D eigenvalue weighted by Gasteiger charge is -2.19. The number of carboxylic acid groups (broad SMARTS) is 1. The van der Waals surface area contributed by atoms with Crippen LogP contribution in [-0.4, -0.2) is 23.5 Å². The minimum absolute atomic E-state index is 0.00795.